The third-order valence-electron chi connectivity index (χ3n) is 2.46. The molecule has 1 aliphatic rings. The van der Waals surface area contributed by atoms with Gasteiger partial charge in [0, 0.05) is 26.6 Å². The van der Waals surface area contributed by atoms with Crippen molar-refractivity contribution in [2.75, 3.05) is 14.2 Å². The van der Waals surface area contributed by atoms with Crippen molar-refractivity contribution in [1.29, 1.82) is 0 Å². The Hall–Kier alpha value is -0.670. The van der Waals surface area contributed by atoms with Crippen molar-refractivity contribution in [2.24, 2.45) is 5.92 Å². The van der Waals surface area contributed by atoms with Gasteiger partial charge in [-0.2, -0.15) is 0 Å². The Morgan fingerprint density at radius 2 is 2.08 bits per heavy atom. The van der Waals surface area contributed by atoms with E-state index in [0.717, 1.165) is 12.0 Å². The summed E-state index contributed by atoms with van der Waals surface area (Å²) in [6.45, 7) is 1.85. The summed E-state index contributed by atoms with van der Waals surface area (Å²) in [6, 6.07) is 0. The quantitative estimate of drug-likeness (QED) is 0.624. The van der Waals surface area contributed by atoms with E-state index in [0.29, 0.717) is 6.42 Å². The lowest BCUT2D eigenvalue weighted by atomic mass is 9.89. The molecule has 74 valence electrons. The first-order valence-corrected chi connectivity index (χ1v) is 4.44. The van der Waals surface area contributed by atoms with Crippen LogP contribution in [0.1, 0.15) is 19.8 Å². The maximum atomic E-state index is 11.4. The van der Waals surface area contributed by atoms with Crippen LogP contribution in [0, 0.1) is 5.92 Å². The predicted octanol–water partition coefficient (Wildman–Crippen LogP) is 1.53. The van der Waals surface area contributed by atoms with Crippen molar-refractivity contribution in [2.45, 2.75) is 26.1 Å². The summed E-state index contributed by atoms with van der Waals surface area (Å²) >= 11 is 0. The summed E-state index contributed by atoms with van der Waals surface area (Å²) in [5.41, 5.74) is 0.863. The zero-order valence-electron chi connectivity index (χ0n) is 8.37. The van der Waals surface area contributed by atoms with Crippen LogP contribution in [0.25, 0.3) is 0 Å². The Labute approximate surface area is 78.7 Å². The molecule has 0 aromatic carbocycles. The van der Waals surface area contributed by atoms with Gasteiger partial charge in [-0.15, -0.1) is 0 Å². The lowest BCUT2D eigenvalue weighted by Crippen LogP contribution is -2.29. The second kappa shape index (κ2) is 4.53. The van der Waals surface area contributed by atoms with Crippen LogP contribution < -0.4 is 0 Å². The Kier molecular flexibility index (Phi) is 3.63. The molecule has 0 spiro atoms. The number of carbonyl (C=O) groups is 1. The first-order chi connectivity index (χ1) is 6.19. The van der Waals surface area contributed by atoms with Crippen LogP contribution in [0.5, 0.6) is 0 Å². The van der Waals surface area contributed by atoms with E-state index in [1.807, 2.05) is 13.0 Å². The van der Waals surface area contributed by atoms with Crippen molar-refractivity contribution in [3.8, 4) is 0 Å². The highest BCUT2D eigenvalue weighted by Gasteiger charge is 2.26. The normalized spacial score (nSPS) is 23.5. The maximum Gasteiger partial charge on any atom is 0.160 e. The number of Topliss-reactive ketones (excluding diaryl/α,β-unsaturated/α-hetero) is 1. The van der Waals surface area contributed by atoms with E-state index in [2.05, 4.69) is 0 Å². The average Bonchev–Trinajstić information content (AvgIpc) is 2.13. The molecule has 0 aromatic heterocycles. The molecule has 0 heterocycles. The molecule has 0 fully saturated rings. The summed E-state index contributed by atoms with van der Waals surface area (Å²) in [7, 11) is 3.20. The third kappa shape index (κ3) is 2.39. The molecule has 0 aromatic rings. The highest BCUT2D eigenvalue weighted by atomic mass is 16.7. The van der Waals surface area contributed by atoms with Gasteiger partial charge in [-0.05, 0) is 18.9 Å². The Balaban J connectivity index is 2.60. The third-order valence-corrected chi connectivity index (χ3v) is 2.46. The molecule has 0 bridgehead atoms. The van der Waals surface area contributed by atoms with Crippen molar-refractivity contribution < 1.29 is 14.3 Å². The van der Waals surface area contributed by atoms with Crippen molar-refractivity contribution in [3.63, 3.8) is 0 Å². The summed E-state index contributed by atoms with van der Waals surface area (Å²) in [5.74, 6) is 0.376. The van der Waals surface area contributed by atoms with E-state index >= 15 is 0 Å². The van der Waals surface area contributed by atoms with E-state index < -0.39 is 0 Å². The minimum Gasteiger partial charge on any atom is -0.356 e. The number of hydrogen-bond acceptors (Lipinski definition) is 3. The highest BCUT2D eigenvalue weighted by Crippen LogP contribution is 2.25. The van der Waals surface area contributed by atoms with Crippen LogP contribution in [0.3, 0.4) is 0 Å². The SMILES string of the molecule is COC(OC)[C@@H]1CC=C(C)C(=O)C1. The molecular weight excluding hydrogens is 168 g/mol. The molecule has 13 heavy (non-hydrogen) atoms. The topological polar surface area (TPSA) is 35.5 Å². The van der Waals surface area contributed by atoms with E-state index in [1.54, 1.807) is 14.2 Å². The molecule has 0 aliphatic heterocycles. The van der Waals surface area contributed by atoms with Gasteiger partial charge in [0.2, 0.25) is 0 Å². The summed E-state index contributed by atoms with van der Waals surface area (Å²) < 4.78 is 10.2. The van der Waals surface area contributed by atoms with Crippen LogP contribution >= 0.6 is 0 Å². The van der Waals surface area contributed by atoms with Crippen molar-refractivity contribution >= 4 is 5.78 Å². The van der Waals surface area contributed by atoms with Crippen LogP contribution in [0.15, 0.2) is 11.6 Å². The molecule has 1 aliphatic carbocycles. The second-order valence-corrected chi connectivity index (χ2v) is 3.35. The minimum absolute atomic E-state index is 0.172. The number of allylic oxidation sites excluding steroid dienone is 2. The van der Waals surface area contributed by atoms with Gasteiger partial charge in [0.15, 0.2) is 12.1 Å². The van der Waals surface area contributed by atoms with Crippen LogP contribution in [-0.4, -0.2) is 26.3 Å². The molecule has 0 radical (unpaired) electrons. The first-order valence-electron chi connectivity index (χ1n) is 4.44. The maximum absolute atomic E-state index is 11.4. The fraction of sp³-hybridized carbons (Fsp3) is 0.700. The van der Waals surface area contributed by atoms with E-state index in [9.17, 15) is 4.79 Å². The van der Waals surface area contributed by atoms with Gasteiger partial charge in [0.1, 0.15) is 0 Å². The summed E-state index contributed by atoms with van der Waals surface area (Å²) in [5, 5.41) is 0. The molecule has 1 rings (SSSR count). The van der Waals surface area contributed by atoms with E-state index in [4.69, 9.17) is 9.47 Å². The summed E-state index contributed by atoms with van der Waals surface area (Å²) in [6.07, 6.45) is 3.11. The number of methoxy groups -OCH3 is 2. The Morgan fingerprint density at radius 3 is 2.54 bits per heavy atom. The van der Waals surface area contributed by atoms with Gasteiger partial charge in [-0.1, -0.05) is 6.08 Å². The Bertz CT molecular complexity index is 216. The van der Waals surface area contributed by atoms with Crippen LogP contribution in [0.4, 0.5) is 0 Å². The molecule has 0 amide bonds. The first kappa shape index (κ1) is 10.4. The molecule has 1 atom stereocenters. The molecule has 0 unspecified atom stereocenters. The zero-order valence-corrected chi connectivity index (χ0v) is 8.37. The van der Waals surface area contributed by atoms with Gasteiger partial charge >= 0.3 is 0 Å². The highest BCUT2D eigenvalue weighted by molar-refractivity contribution is 5.95. The molecule has 3 heteroatoms. The van der Waals surface area contributed by atoms with Gasteiger partial charge in [-0.3, -0.25) is 4.79 Å². The number of carbonyl (C=O) groups excluding carboxylic acids is 1. The largest absolute Gasteiger partial charge is 0.356 e. The lowest BCUT2D eigenvalue weighted by Gasteiger charge is -2.25. The van der Waals surface area contributed by atoms with Gasteiger partial charge in [-0.25, -0.2) is 0 Å². The number of hydrogen-bond donors (Lipinski definition) is 0. The number of rotatable bonds is 3. The van der Waals surface area contributed by atoms with Gasteiger partial charge in [0.05, 0.1) is 0 Å². The monoisotopic (exact) mass is 184 g/mol. The summed E-state index contributed by atoms with van der Waals surface area (Å²) in [4.78, 5) is 11.4. The molecule has 0 saturated carbocycles. The minimum atomic E-state index is -0.256. The molecule has 3 nitrogen and oxygen atoms in total. The van der Waals surface area contributed by atoms with Crippen LogP contribution in [0.2, 0.25) is 0 Å². The van der Waals surface area contributed by atoms with E-state index in [-0.39, 0.29) is 18.0 Å². The number of ether oxygens (including phenoxy) is 2. The van der Waals surface area contributed by atoms with Gasteiger partial charge in [0.25, 0.3) is 0 Å². The fourth-order valence-corrected chi connectivity index (χ4v) is 1.61. The fourth-order valence-electron chi connectivity index (χ4n) is 1.61. The molecule has 0 N–H and O–H groups in total. The average molecular weight is 184 g/mol. The van der Waals surface area contributed by atoms with E-state index in [1.165, 1.54) is 0 Å². The predicted molar refractivity (Wildman–Crippen MR) is 49.3 cm³/mol. The van der Waals surface area contributed by atoms with Crippen molar-refractivity contribution in [3.05, 3.63) is 11.6 Å². The Morgan fingerprint density at radius 1 is 1.46 bits per heavy atom. The molecule has 0 saturated heterocycles. The second-order valence-electron chi connectivity index (χ2n) is 3.35. The lowest BCUT2D eigenvalue weighted by molar-refractivity contribution is -0.145. The van der Waals surface area contributed by atoms with Gasteiger partial charge < -0.3 is 9.47 Å². The standard InChI is InChI=1S/C10H16O3/c1-7-4-5-8(6-9(7)11)10(12-2)13-3/h4,8,10H,5-6H2,1-3H3/t8-/m1/s1. The zero-order chi connectivity index (χ0) is 9.84. The smallest absolute Gasteiger partial charge is 0.160 e. The van der Waals surface area contributed by atoms with Crippen LogP contribution in [-0.2, 0) is 14.3 Å². The van der Waals surface area contributed by atoms with Crippen molar-refractivity contribution in [1.82, 2.24) is 0 Å². The number of ketones is 1. The molecular formula is C10H16O3.